The number of hydrogen-bond donors (Lipinski definition) is 1. The zero-order valence-corrected chi connectivity index (χ0v) is 23.2. The summed E-state index contributed by atoms with van der Waals surface area (Å²) in [4.78, 5) is 0. The Bertz CT molecular complexity index is 1690. The molecule has 0 amide bonds. The SMILES string of the molecule is Oc1ccc(-c2c(Cc3ccccc3)cc(Cc3ccccc3)c(Cc3ccccc3)c2Cc2ccccc2)cc1. The van der Waals surface area contributed by atoms with Crippen LogP contribution in [0.2, 0.25) is 0 Å². The molecule has 0 aliphatic heterocycles. The van der Waals surface area contributed by atoms with Crippen molar-refractivity contribution in [2.75, 3.05) is 0 Å². The Balaban J connectivity index is 1.63. The number of hydrogen-bond acceptors (Lipinski definition) is 1. The van der Waals surface area contributed by atoms with Gasteiger partial charge in [0.15, 0.2) is 0 Å². The van der Waals surface area contributed by atoms with E-state index in [2.05, 4.69) is 140 Å². The summed E-state index contributed by atoms with van der Waals surface area (Å²) in [5.41, 5.74) is 13.1. The van der Waals surface area contributed by atoms with Crippen LogP contribution in [0.5, 0.6) is 5.75 Å². The lowest BCUT2D eigenvalue weighted by atomic mass is 9.80. The Morgan fingerprint density at radius 3 is 1.22 bits per heavy atom. The van der Waals surface area contributed by atoms with Crippen LogP contribution in [0.1, 0.15) is 44.5 Å². The third kappa shape index (κ3) is 6.48. The minimum absolute atomic E-state index is 0.285. The van der Waals surface area contributed by atoms with Crippen LogP contribution in [-0.4, -0.2) is 5.11 Å². The maximum atomic E-state index is 10.2. The van der Waals surface area contributed by atoms with Crippen LogP contribution < -0.4 is 0 Å². The van der Waals surface area contributed by atoms with Crippen molar-refractivity contribution in [1.82, 2.24) is 0 Å². The fourth-order valence-electron chi connectivity index (χ4n) is 5.84. The van der Waals surface area contributed by atoms with Crippen molar-refractivity contribution in [3.8, 4) is 16.9 Å². The van der Waals surface area contributed by atoms with Gasteiger partial charge < -0.3 is 5.11 Å². The molecule has 0 heterocycles. The first kappa shape index (κ1) is 26.3. The van der Waals surface area contributed by atoms with Crippen molar-refractivity contribution in [2.24, 2.45) is 0 Å². The number of phenols is 1. The van der Waals surface area contributed by atoms with Crippen molar-refractivity contribution in [1.29, 1.82) is 0 Å². The Morgan fingerprint density at radius 2 is 0.756 bits per heavy atom. The lowest BCUT2D eigenvalue weighted by Gasteiger charge is -2.24. The standard InChI is InChI=1S/C40H34O/c41-37-23-21-34(22-24-37)40-36(26-31-15-7-2-8-16-31)29-35(25-30-13-5-1-6-14-30)38(27-32-17-9-3-10-18-32)39(40)28-33-19-11-4-12-20-33/h1-24,29,41H,25-28H2. The fourth-order valence-corrected chi connectivity index (χ4v) is 5.84. The number of benzene rings is 6. The van der Waals surface area contributed by atoms with Gasteiger partial charge in [-0.1, -0.05) is 140 Å². The predicted octanol–water partition coefficient (Wildman–Crippen LogP) is 9.42. The Morgan fingerprint density at radius 1 is 0.366 bits per heavy atom. The Hall–Kier alpha value is -4.88. The topological polar surface area (TPSA) is 20.2 Å². The highest BCUT2D eigenvalue weighted by atomic mass is 16.3. The molecule has 0 aromatic heterocycles. The highest BCUT2D eigenvalue weighted by Gasteiger charge is 2.21. The van der Waals surface area contributed by atoms with Crippen molar-refractivity contribution in [3.05, 3.63) is 196 Å². The van der Waals surface area contributed by atoms with E-state index in [1.807, 2.05) is 12.1 Å². The summed E-state index contributed by atoms with van der Waals surface area (Å²) in [6, 6.07) is 53.4. The lowest BCUT2D eigenvalue weighted by molar-refractivity contribution is 0.475. The first-order chi connectivity index (χ1) is 20.2. The molecular weight excluding hydrogens is 496 g/mol. The molecule has 0 spiro atoms. The van der Waals surface area contributed by atoms with E-state index in [-0.39, 0.29) is 5.75 Å². The average molecular weight is 531 g/mol. The van der Waals surface area contributed by atoms with E-state index in [0.29, 0.717) is 0 Å². The van der Waals surface area contributed by atoms with Gasteiger partial charge in [0.2, 0.25) is 0 Å². The lowest BCUT2D eigenvalue weighted by Crippen LogP contribution is -2.09. The van der Waals surface area contributed by atoms with Crippen molar-refractivity contribution >= 4 is 0 Å². The first-order valence-corrected chi connectivity index (χ1v) is 14.3. The third-order valence-electron chi connectivity index (χ3n) is 7.80. The molecule has 0 bridgehead atoms. The van der Waals surface area contributed by atoms with E-state index in [4.69, 9.17) is 0 Å². The summed E-state index contributed by atoms with van der Waals surface area (Å²) in [5, 5.41) is 10.2. The van der Waals surface area contributed by atoms with E-state index < -0.39 is 0 Å². The van der Waals surface area contributed by atoms with Gasteiger partial charge in [-0.05, 0) is 93.5 Å². The predicted molar refractivity (Wildman–Crippen MR) is 171 cm³/mol. The monoisotopic (exact) mass is 530 g/mol. The minimum atomic E-state index is 0.285. The maximum absolute atomic E-state index is 10.2. The number of rotatable bonds is 9. The van der Waals surface area contributed by atoms with Gasteiger partial charge in [0, 0.05) is 0 Å². The van der Waals surface area contributed by atoms with Crippen molar-refractivity contribution < 1.29 is 5.11 Å². The fraction of sp³-hybridized carbons (Fsp3) is 0.100. The van der Waals surface area contributed by atoms with E-state index in [1.165, 1.54) is 50.1 Å². The van der Waals surface area contributed by atoms with E-state index in [9.17, 15) is 5.11 Å². The minimum Gasteiger partial charge on any atom is -0.508 e. The molecule has 6 rings (SSSR count). The van der Waals surface area contributed by atoms with Crippen molar-refractivity contribution in [2.45, 2.75) is 25.7 Å². The molecule has 200 valence electrons. The summed E-state index contributed by atoms with van der Waals surface area (Å²) < 4.78 is 0. The second-order valence-corrected chi connectivity index (χ2v) is 10.7. The van der Waals surface area contributed by atoms with Crippen LogP contribution in [0.15, 0.2) is 152 Å². The summed E-state index contributed by atoms with van der Waals surface area (Å²) in [6.45, 7) is 0. The van der Waals surface area contributed by atoms with Gasteiger partial charge >= 0.3 is 0 Å². The molecule has 0 aliphatic carbocycles. The number of phenolic OH excluding ortho intramolecular Hbond substituents is 1. The van der Waals surface area contributed by atoms with Gasteiger partial charge in [-0.2, -0.15) is 0 Å². The second-order valence-electron chi connectivity index (χ2n) is 10.7. The van der Waals surface area contributed by atoms with E-state index in [1.54, 1.807) is 0 Å². The molecular formula is C40H34O. The first-order valence-electron chi connectivity index (χ1n) is 14.3. The molecule has 0 fully saturated rings. The molecule has 1 heteroatoms. The smallest absolute Gasteiger partial charge is 0.115 e. The molecule has 6 aromatic rings. The molecule has 0 saturated heterocycles. The van der Waals surface area contributed by atoms with Gasteiger partial charge in [-0.3, -0.25) is 0 Å². The zero-order chi connectivity index (χ0) is 27.9. The summed E-state index contributed by atoms with van der Waals surface area (Å²) in [7, 11) is 0. The number of aromatic hydroxyl groups is 1. The van der Waals surface area contributed by atoms with Gasteiger partial charge in [0.1, 0.15) is 5.75 Å². The molecule has 0 aliphatic rings. The molecule has 0 unspecified atom stereocenters. The Kier molecular flexibility index (Phi) is 8.05. The normalized spacial score (nSPS) is 10.9. The summed E-state index contributed by atoms with van der Waals surface area (Å²) in [6.07, 6.45) is 3.42. The highest BCUT2D eigenvalue weighted by molar-refractivity contribution is 5.75. The van der Waals surface area contributed by atoms with Crippen LogP contribution in [0, 0.1) is 0 Å². The quantitative estimate of drug-likeness (QED) is 0.197. The summed E-state index contributed by atoms with van der Waals surface area (Å²) in [5.74, 6) is 0.285. The zero-order valence-electron chi connectivity index (χ0n) is 23.2. The summed E-state index contributed by atoms with van der Waals surface area (Å²) >= 11 is 0. The van der Waals surface area contributed by atoms with Crippen LogP contribution >= 0.6 is 0 Å². The molecule has 0 radical (unpaired) electrons. The van der Waals surface area contributed by atoms with E-state index >= 15 is 0 Å². The largest absolute Gasteiger partial charge is 0.508 e. The molecule has 41 heavy (non-hydrogen) atoms. The van der Waals surface area contributed by atoms with Gasteiger partial charge in [0.05, 0.1) is 0 Å². The van der Waals surface area contributed by atoms with Crippen LogP contribution in [0.4, 0.5) is 0 Å². The van der Waals surface area contributed by atoms with Crippen LogP contribution in [-0.2, 0) is 25.7 Å². The molecule has 6 aromatic carbocycles. The van der Waals surface area contributed by atoms with Crippen LogP contribution in [0.25, 0.3) is 11.1 Å². The average Bonchev–Trinajstić information content (AvgIpc) is 3.02. The molecule has 0 atom stereocenters. The van der Waals surface area contributed by atoms with E-state index in [0.717, 1.165) is 31.2 Å². The Labute approximate surface area is 243 Å². The van der Waals surface area contributed by atoms with Crippen LogP contribution in [0.3, 0.4) is 0 Å². The molecule has 1 nitrogen and oxygen atoms in total. The van der Waals surface area contributed by atoms with Gasteiger partial charge in [0.25, 0.3) is 0 Å². The van der Waals surface area contributed by atoms with Gasteiger partial charge in [-0.15, -0.1) is 0 Å². The highest BCUT2D eigenvalue weighted by Crippen LogP contribution is 2.38. The molecule has 1 N–H and O–H groups in total. The second kappa shape index (κ2) is 12.5. The third-order valence-corrected chi connectivity index (χ3v) is 7.80. The van der Waals surface area contributed by atoms with Gasteiger partial charge in [-0.25, -0.2) is 0 Å². The van der Waals surface area contributed by atoms with Crippen molar-refractivity contribution in [3.63, 3.8) is 0 Å². The maximum Gasteiger partial charge on any atom is 0.115 e. The molecule has 0 saturated carbocycles.